The molecule has 78 valence electrons. The van der Waals surface area contributed by atoms with Gasteiger partial charge in [0.2, 0.25) is 0 Å². The minimum absolute atomic E-state index is 0.785. The van der Waals surface area contributed by atoms with Gasteiger partial charge in [-0.05, 0) is 12.3 Å². The largest absolute Gasteiger partial charge is 0.304 e. The van der Waals surface area contributed by atoms with E-state index >= 15 is 0 Å². The second kappa shape index (κ2) is 5.89. The van der Waals surface area contributed by atoms with Crippen molar-refractivity contribution in [2.75, 3.05) is 45.5 Å². The Kier molecular flexibility index (Phi) is 5.14. The lowest BCUT2D eigenvalue weighted by Crippen LogP contribution is -2.45. The predicted octanol–water partition coefficient (Wildman–Crippen LogP) is 1.38. The zero-order chi connectivity index (χ0) is 9.68. The van der Waals surface area contributed by atoms with Gasteiger partial charge < -0.3 is 4.90 Å². The first-order valence-corrected chi connectivity index (χ1v) is 6.26. The SMILES string of the molecule is CC(C)SCCN1CCN(C)CC1. The number of hydrogen-bond donors (Lipinski definition) is 0. The molecule has 0 spiro atoms. The van der Waals surface area contributed by atoms with E-state index in [1.807, 2.05) is 0 Å². The molecule has 0 saturated carbocycles. The summed E-state index contributed by atoms with van der Waals surface area (Å²) in [7, 11) is 2.21. The molecule has 1 rings (SSSR count). The number of rotatable bonds is 4. The molecule has 2 nitrogen and oxygen atoms in total. The van der Waals surface area contributed by atoms with Crippen LogP contribution in [0.15, 0.2) is 0 Å². The highest BCUT2D eigenvalue weighted by Crippen LogP contribution is 2.09. The first kappa shape index (κ1) is 11.3. The van der Waals surface area contributed by atoms with Gasteiger partial charge in [-0.15, -0.1) is 0 Å². The topological polar surface area (TPSA) is 6.48 Å². The average molecular weight is 202 g/mol. The number of hydrogen-bond acceptors (Lipinski definition) is 3. The van der Waals surface area contributed by atoms with E-state index in [0.29, 0.717) is 0 Å². The van der Waals surface area contributed by atoms with Gasteiger partial charge in [-0.3, -0.25) is 4.90 Å². The van der Waals surface area contributed by atoms with Gasteiger partial charge in [0.1, 0.15) is 0 Å². The minimum atomic E-state index is 0.785. The predicted molar refractivity (Wildman–Crippen MR) is 61.5 cm³/mol. The fourth-order valence-corrected chi connectivity index (χ4v) is 2.32. The van der Waals surface area contributed by atoms with Crippen molar-refractivity contribution in [1.82, 2.24) is 9.80 Å². The van der Waals surface area contributed by atoms with E-state index in [4.69, 9.17) is 0 Å². The van der Waals surface area contributed by atoms with Gasteiger partial charge >= 0.3 is 0 Å². The monoisotopic (exact) mass is 202 g/mol. The van der Waals surface area contributed by atoms with Crippen LogP contribution in [0, 0.1) is 0 Å². The Morgan fingerprint density at radius 2 is 1.77 bits per heavy atom. The van der Waals surface area contributed by atoms with Crippen molar-refractivity contribution in [3.8, 4) is 0 Å². The Labute approximate surface area is 86.7 Å². The third-order valence-corrected chi connectivity index (χ3v) is 3.54. The Balaban J connectivity index is 2.02. The van der Waals surface area contributed by atoms with Gasteiger partial charge in [0, 0.05) is 38.5 Å². The lowest BCUT2D eigenvalue weighted by molar-refractivity contribution is 0.161. The number of piperazine rings is 1. The highest BCUT2D eigenvalue weighted by molar-refractivity contribution is 7.99. The first-order valence-electron chi connectivity index (χ1n) is 5.21. The molecule has 1 aliphatic heterocycles. The summed E-state index contributed by atoms with van der Waals surface area (Å²) < 4.78 is 0. The van der Waals surface area contributed by atoms with Crippen LogP contribution in [0.3, 0.4) is 0 Å². The second-order valence-corrected chi connectivity index (χ2v) is 5.75. The van der Waals surface area contributed by atoms with Crippen molar-refractivity contribution in [3.63, 3.8) is 0 Å². The van der Waals surface area contributed by atoms with E-state index in [9.17, 15) is 0 Å². The van der Waals surface area contributed by atoms with Gasteiger partial charge in [-0.25, -0.2) is 0 Å². The van der Waals surface area contributed by atoms with Crippen LogP contribution < -0.4 is 0 Å². The van der Waals surface area contributed by atoms with E-state index in [-0.39, 0.29) is 0 Å². The quantitative estimate of drug-likeness (QED) is 0.680. The van der Waals surface area contributed by atoms with E-state index in [2.05, 4.69) is 42.5 Å². The molecule has 1 saturated heterocycles. The van der Waals surface area contributed by atoms with E-state index < -0.39 is 0 Å². The third kappa shape index (κ3) is 4.89. The first-order chi connectivity index (χ1) is 6.18. The van der Waals surface area contributed by atoms with Crippen molar-refractivity contribution in [2.45, 2.75) is 19.1 Å². The summed E-state index contributed by atoms with van der Waals surface area (Å²) in [6.07, 6.45) is 0. The molecule has 0 unspecified atom stereocenters. The Bertz CT molecular complexity index is 131. The van der Waals surface area contributed by atoms with E-state index in [0.717, 1.165) is 5.25 Å². The fraction of sp³-hybridized carbons (Fsp3) is 1.00. The molecule has 0 amide bonds. The molecule has 1 fully saturated rings. The molecule has 0 aromatic carbocycles. The molecule has 1 heterocycles. The maximum atomic E-state index is 2.58. The van der Waals surface area contributed by atoms with Crippen LogP contribution in [0.2, 0.25) is 0 Å². The summed E-state index contributed by atoms with van der Waals surface area (Å²) in [5.41, 5.74) is 0. The summed E-state index contributed by atoms with van der Waals surface area (Å²) in [4.78, 5) is 4.99. The van der Waals surface area contributed by atoms with Gasteiger partial charge in [0.05, 0.1) is 0 Å². The standard InChI is InChI=1S/C10H22N2S/c1-10(2)13-9-8-12-6-4-11(3)5-7-12/h10H,4-9H2,1-3H3. The maximum Gasteiger partial charge on any atom is 0.0110 e. The van der Waals surface area contributed by atoms with Gasteiger partial charge in [0.25, 0.3) is 0 Å². The Hall–Kier alpha value is 0.270. The second-order valence-electron chi connectivity index (χ2n) is 4.06. The summed E-state index contributed by atoms with van der Waals surface area (Å²) in [5.74, 6) is 1.29. The molecule has 0 aromatic rings. The molecule has 0 bridgehead atoms. The molecule has 0 radical (unpaired) electrons. The van der Waals surface area contributed by atoms with Crippen LogP contribution in [0.1, 0.15) is 13.8 Å². The van der Waals surface area contributed by atoms with Gasteiger partial charge in [-0.1, -0.05) is 13.8 Å². The fourth-order valence-electron chi connectivity index (χ4n) is 1.49. The minimum Gasteiger partial charge on any atom is -0.304 e. The summed E-state index contributed by atoms with van der Waals surface area (Å²) in [6, 6.07) is 0. The lowest BCUT2D eigenvalue weighted by Gasteiger charge is -2.32. The summed E-state index contributed by atoms with van der Waals surface area (Å²) >= 11 is 2.07. The molecule has 0 aromatic heterocycles. The Morgan fingerprint density at radius 1 is 1.15 bits per heavy atom. The number of thioether (sulfide) groups is 1. The molecule has 0 N–H and O–H groups in total. The van der Waals surface area contributed by atoms with Crippen LogP contribution in [0.25, 0.3) is 0 Å². The molecule has 13 heavy (non-hydrogen) atoms. The number of likely N-dealkylation sites (N-methyl/N-ethyl adjacent to an activating group) is 1. The number of nitrogens with zero attached hydrogens (tertiary/aromatic N) is 2. The van der Waals surface area contributed by atoms with E-state index in [1.54, 1.807) is 0 Å². The average Bonchev–Trinajstić information content (AvgIpc) is 2.08. The van der Waals surface area contributed by atoms with Crippen LogP contribution in [0.4, 0.5) is 0 Å². The molecule has 1 aliphatic rings. The zero-order valence-corrected chi connectivity index (χ0v) is 9.94. The molecular formula is C10H22N2S. The van der Waals surface area contributed by atoms with Gasteiger partial charge in [-0.2, -0.15) is 11.8 Å². The lowest BCUT2D eigenvalue weighted by atomic mass is 10.3. The maximum absolute atomic E-state index is 2.58. The molecule has 0 atom stereocenters. The molecule has 0 aliphatic carbocycles. The highest BCUT2D eigenvalue weighted by Gasteiger charge is 2.12. The summed E-state index contributed by atoms with van der Waals surface area (Å²) in [5, 5.41) is 0.785. The zero-order valence-electron chi connectivity index (χ0n) is 9.12. The smallest absolute Gasteiger partial charge is 0.0110 e. The van der Waals surface area contributed by atoms with Crippen molar-refractivity contribution in [3.05, 3.63) is 0 Å². The van der Waals surface area contributed by atoms with Crippen molar-refractivity contribution >= 4 is 11.8 Å². The van der Waals surface area contributed by atoms with Crippen molar-refractivity contribution in [1.29, 1.82) is 0 Å². The van der Waals surface area contributed by atoms with Crippen LogP contribution in [-0.4, -0.2) is 60.6 Å². The van der Waals surface area contributed by atoms with Gasteiger partial charge in [0.15, 0.2) is 0 Å². The van der Waals surface area contributed by atoms with Crippen LogP contribution >= 0.6 is 11.8 Å². The molecule has 3 heteroatoms. The van der Waals surface area contributed by atoms with Crippen LogP contribution in [0.5, 0.6) is 0 Å². The third-order valence-electron chi connectivity index (χ3n) is 2.45. The normalized spacial score (nSPS) is 21.2. The van der Waals surface area contributed by atoms with Crippen molar-refractivity contribution in [2.24, 2.45) is 0 Å². The summed E-state index contributed by atoms with van der Waals surface area (Å²) in [6.45, 7) is 10.8. The highest BCUT2D eigenvalue weighted by atomic mass is 32.2. The van der Waals surface area contributed by atoms with Crippen LogP contribution in [-0.2, 0) is 0 Å². The van der Waals surface area contributed by atoms with E-state index in [1.165, 1.54) is 38.5 Å². The molecular weight excluding hydrogens is 180 g/mol. The van der Waals surface area contributed by atoms with Crippen molar-refractivity contribution < 1.29 is 0 Å². The Morgan fingerprint density at radius 3 is 2.31 bits per heavy atom.